The van der Waals surface area contributed by atoms with Crippen LogP contribution in [0.1, 0.15) is 142 Å². The van der Waals surface area contributed by atoms with Gasteiger partial charge in [0.15, 0.2) is 19.3 Å². The molecule has 0 atom stereocenters. The predicted molar refractivity (Wildman–Crippen MR) is 172 cm³/mol. The van der Waals surface area contributed by atoms with Gasteiger partial charge in [-0.25, -0.2) is 0 Å². The smallest absolute Gasteiger partial charge is 0.283 e. The van der Waals surface area contributed by atoms with Crippen LogP contribution in [0.4, 0.5) is 0 Å². The largest absolute Gasteiger partial charge is 0.311 e. The summed E-state index contributed by atoms with van der Waals surface area (Å²) in [6.07, 6.45) is 2.96. The van der Waals surface area contributed by atoms with Gasteiger partial charge in [-0.15, -0.1) is 0 Å². The SMILES string of the molecule is CC(C)CC(=[OH+])CC(=[OH+])C(C)(C)C.CC(C)CC(=[OH+])CC(=[OH+])C(C)(C)C.CC(C)CC(=[OH+])CC(=[OH+])C(C)(C)C.[Cr]. The molecule has 0 heterocycles. The van der Waals surface area contributed by atoms with Gasteiger partial charge in [-0.1, -0.05) is 41.5 Å². The first-order valence-corrected chi connectivity index (χ1v) is 14.5. The van der Waals surface area contributed by atoms with Crippen LogP contribution in [0, 0.1) is 34.0 Å². The maximum absolute atomic E-state index is 9.60. The summed E-state index contributed by atoms with van der Waals surface area (Å²) in [6.45, 7) is 29.7. The van der Waals surface area contributed by atoms with Crippen molar-refractivity contribution in [1.82, 2.24) is 0 Å². The van der Waals surface area contributed by atoms with Gasteiger partial charge in [0.05, 0.1) is 35.5 Å². The van der Waals surface area contributed by atoms with Gasteiger partial charge in [0.25, 0.3) is 0 Å². The average molecular weight is 611 g/mol. The van der Waals surface area contributed by atoms with Gasteiger partial charge in [0, 0.05) is 17.4 Å². The standard InChI is InChI=1S/3C11H20O2.Cr/c3*1-8(2)6-9(12)7-10(13)11(3,4)5;/h3*8H,6-7H2,1-5H3;/p+6. The van der Waals surface area contributed by atoms with E-state index in [-0.39, 0.29) is 33.6 Å². The molecule has 0 amide bonds. The van der Waals surface area contributed by atoms with Crippen LogP contribution in [0.3, 0.4) is 0 Å². The first-order valence-electron chi connectivity index (χ1n) is 14.5. The molecule has 0 spiro atoms. The monoisotopic (exact) mass is 610 g/mol. The zero-order valence-electron chi connectivity index (χ0n) is 28.6. The molecule has 234 valence electrons. The van der Waals surface area contributed by atoms with Crippen LogP contribution in [0.2, 0.25) is 0 Å². The molecule has 0 aromatic heterocycles. The van der Waals surface area contributed by atoms with E-state index >= 15 is 0 Å². The molecule has 0 rings (SSSR count). The molecule has 0 unspecified atom stereocenters. The van der Waals surface area contributed by atoms with Gasteiger partial charge in [-0.05, 0) is 80.1 Å². The number of carbonyl (C=O) groups excluding carboxylic acids is 6. The van der Waals surface area contributed by atoms with Gasteiger partial charge in [-0.2, -0.15) is 0 Å². The summed E-state index contributed by atoms with van der Waals surface area (Å²) in [4.78, 5) is 57.3. The van der Waals surface area contributed by atoms with Crippen molar-refractivity contribution in [3.8, 4) is 0 Å². The Morgan fingerprint density at radius 1 is 0.400 bits per heavy atom. The summed E-state index contributed by atoms with van der Waals surface area (Å²) in [7, 11) is 0. The maximum atomic E-state index is 9.60. The predicted octanol–water partition coefficient (Wildman–Crippen LogP) is 7.67. The fraction of sp³-hybridized carbons (Fsp3) is 0.818. The fourth-order valence-electron chi connectivity index (χ4n) is 3.01. The van der Waals surface area contributed by atoms with Crippen LogP contribution in [0.5, 0.6) is 0 Å². The van der Waals surface area contributed by atoms with E-state index in [0.29, 0.717) is 91.0 Å². The van der Waals surface area contributed by atoms with Crippen LogP contribution >= 0.6 is 0 Å². The molecule has 0 saturated carbocycles. The Morgan fingerprint density at radius 2 is 0.550 bits per heavy atom. The van der Waals surface area contributed by atoms with Gasteiger partial charge >= 0.3 is 34.7 Å². The van der Waals surface area contributed by atoms with Crippen molar-refractivity contribution in [1.29, 1.82) is 0 Å². The Balaban J connectivity index is -0.000000240. The van der Waals surface area contributed by atoms with Crippen LogP contribution in [0.25, 0.3) is 0 Å². The molecule has 0 radical (unpaired) electrons. The Morgan fingerprint density at radius 3 is 0.650 bits per heavy atom. The second kappa shape index (κ2) is 20.4. The third-order valence-electron chi connectivity index (χ3n) is 5.64. The van der Waals surface area contributed by atoms with Crippen molar-refractivity contribution in [2.45, 2.75) is 142 Å². The summed E-state index contributed by atoms with van der Waals surface area (Å²) in [6, 6.07) is 0. The van der Waals surface area contributed by atoms with E-state index in [4.69, 9.17) is 0 Å². The van der Waals surface area contributed by atoms with Crippen LogP contribution < -0.4 is 0 Å². The molecule has 0 bridgehead atoms. The van der Waals surface area contributed by atoms with Crippen molar-refractivity contribution in [2.75, 3.05) is 0 Å². The van der Waals surface area contributed by atoms with Gasteiger partial charge in [0.1, 0.15) is 0 Å². The van der Waals surface area contributed by atoms with Crippen LogP contribution in [-0.4, -0.2) is 63.5 Å². The number of hydrogen-bond acceptors (Lipinski definition) is 0. The van der Waals surface area contributed by atoms with E-state index in [0.717, 1.165) is 0 Å². The van der Waals surface area contributed by atoms with E-state index < -0.39 is 0 Å². The Hall–Kier alpha value is -1.45. The van der Waals surface area contributed by atoms with Crippen molar-refractivity contribution >= 4 is 34.7 Å². The molecule has 0 aromatic carbocycles. The van der Waals surface area contributed by atoms with Crippen LogP contribution in [0.15, 0.2) is 0 Å². The molecule has 0 fully saturated rings. The molecule has 0 saturated heterocycles. The minimum absolute atomic E-state index is 0. The van der Waals surface area contributed by atoms with Gasteiger partial charge in [-0.3, -0.25) is 28.8 Å². The van der Waals surface area contributed by atoms with E-state index in [1.165, 1.54) is 0 Å². The molecule has 6 N–H and O–H groups in total. The Labute approximate surface area is 256 Å². The molecular formula is C33H66CrO6+6. The summed E-state index contributed by atoms with van der Waals surface area (Å²) in [5.74, 6) is 3.50. The zero-order chi connectivity index (χ0) is 31.9. The first-order chi connectivity index (χ1) is 17.2. The van der Waals surface area contributed by atoms with E-state index in [2.05, 4.69) is 0 Å². The Kier molecular flexibility index (Phi) is 23.3. The summed E-state index contributed by atoms with van der Waals surface area (Å²) < 4.78 is 0. The van der Waals surface area contributed by atoms with Crippen molar-refractivity contribution in [2.24, 2.45) is 34.0 Å². The molecule has 7 heteroatoms. The van der Waals surface area contributed by atoms with E-state index in [9.17, 15) is 28.8 Å². The van der Waals surface area contributed by atoms with Gasteiger partial charge < -0.3 is 0 Å². The molecule has 0 aliphatic heterocycles. The molecule has 0 aliphatic rings. The molecule has 6 nitrogen and oxygen atoms in total. The number of ketones is 6. The summed E-state index contributed by atoms with van der Waals surface area (Å²) in [5, 5.41) is 0. The van der Waals surface area contributed by atoms with E-state index in [1.54, 1.807) is 0 Å². The molecule has 0 aromatic rings. The molecule has 40 heavy (non-hydrogen) atoms. The quantitative estimate of drug-likeness (QED) is 0.159. The summed E-state index contributed by atoms with van der Waals surface area (Å²) >= 11 is 0. The van der Waals surface area contributed by atoms with Crippen LogP contribution in [-0.2, 0) is 17.4 Å². The maximum Gasteiger partial charge on any atom is 0.311 e. The third-order valence-corrected chi connectivity index (χ3v) is 5.64. The second-order valence-corrected chi connectivity index (χ2v) is 15.1. The van der Waals surface area contributed by atoms with Gasteiger partial charge in [0.2, 0.25) is 0 Å². The summed E-state index contributed by atoms with van der Waals surface area (Å²) in [5.41, 5.74) is -0.694. The molecule has 0 aliphatic carbocycles. The fourth-order valence-corrected chi connectivity index (χ4v) is 3.01. The molecular weight excluding hydrogens is 544 g/mol. The number of hydrogen-bond donors (Lipinski definition) is 0. The minimum atomic E-state index is -0.231. The zero-order valence-corrected chi connectivity index (χ0v) is 29.8. The average Bonchev–Trinajstić information content (AvgIpc) is 2.64. The topological polar surface area (TPSA) is 128 Å². The second-order valence-electron chi connectivity index (χ2n) is 15.1. The van der Waals surface area contributed by atoms with Crippen molar-refractivity contribution in [3.63, 3.8) is 0 Å². The normalized spacial score (nSPS) is 11.6. The minimum Gasteiger partial charge on any atom is -0.283 e. The third kappa shape index (κ3) is 28.1. The van der Waals surface area contributed by atoms with E-state index in [1.807, 2.05) is 104 Å². The van der Waals surface area contributed by atoms with Crippen molar-refractivity contribution < 1.29 is 46.1 Å². The number of rotatable bonds is 12. The Bertz CT molecular complexity index is 706. The first kappa shape index (κ1) is 45.5. The van der Waals surface area contributed by atoms with Crippen molar-refractivity contribution in [3.05, 3.63) is 0 Å².